The number of nitrogens with one attached hydrogen (secondary N) is 1. The van der Waals surface area contributed by atoms with Crippen LogP contribution in [0.25, 0.3) is 0 Å². The maximum atomic E-state index is 12.6. The number of hydrogen-bond donors (Lipinski definition) is 3. The second kappa shape index (κ2) is 10.1. The molecule has 0 spiro atoms. The minimum Gasteiger partial charge on any atom is -0.494 e. The summed E-state index contributed by atoms with van der Waals surface area (Å²) in [5, 5.41) is 13.6. The van der Waals surface area contributed by atoms with Gasteiger partial charge in [0.2, 0.25) is 0 Å². The van der Waals surface area contributed by atoms with Crippen LogP contribution < -0.4 is 20.5 Å². The smallest absolute Gasteiger partial charge is 0.251 e. The molecule has 1 aromatic carbocycles. The first-order chi connectivity index (χ1) is 13.7. The van der Waals surface area contributed by atoms with Crippen molar-refractivity contribution < 1.29 is 19.4 Å². The molecule has 150 valence electrons. The van der Waals surface area contributed by atoms with Crippen LogP contribution in [0.15, 0.2) is 48.8 Å². The number of aromatic nitrogens is 1. The number of aliphatic hydroxyl groups is 1. The Balaban J connectivity index is 1.55. The molecule has 4 N–H and O–H groups in total. The van der Waals surface area contributed by atoms with E-state index in [4.69, 9.17) is 15.2 Å². The molecule has 0 unspecified atom stereocenters. The van der Waals surface area contributed by atoms with Gasteiger partial charge in [-0.3, -0.25) is 9.78 Å². The van der Waals surface area contributed by atoms with Gasteiger partial charge < -0.3 is 25.6 Å². The lowest BCUT2D eigenvalue weighted by Gasteiger charge is -2.35. The molecule has 0 bridgehead atoms. The molecule has 3 rings (SSSR count). The highest BCUT2D eigenvalue weighted by Crippen LogP contribution is 2.24. The fraction of sp³-hybridized carbons (Fsp3) is 0.429. The molecule has 1 aromatic heterocycles. The molecule has 0 saturated heterocycles. The van der Waals surface area contributed by atoms with E-state index in [0.717, 1.165) is 19.3 Å². The molecule has 0 radical (unpaired) electrons. The van der Waals surface area contributed by atoms with E-state index < -0.39 is 6.10 Å². The Hall–Kier alpha value is -2.64. The molecule has 7 nitrogen and oxygen atoms in total. The SMILES string of the molecule is NCCCOc1ccc(C(=O)N[C@@H]2CCC[C@@H](Oc3cccnc3)[C@@H]2O)cc1. The molecular formula is C21H27N3O4. The topological polar surface area (TPSA) is 107 Å². The maximum Gasteiger partial charge on any atom is 0.251 e. The van der Waals surface area contributed by atoms with Gasteiger partial charge in [-0.05, 0) is 68.6 Å². The number of amides is 1. The van der Waals surface area contributed by atoms with E-state index in [-0.39, 0.29) is 18.1 Å². The molecule has 1 heterocycles. The predicted octanol–water partition coefficient (Wildman–Crippen LogP) is 1.90. The Morgan fingerprint density at radius 3 is 2.75 bits per heavy atom. The molecule has 1 fully saturated rings. The molecule has 2 aromatic rings. The lowest BCUT2D eigenvalue weighted by Crippen LogP contribution is -2.52. The summed E-state index contributed by atoms with van der Waals surface area (Å²) >= 11 is 0. The quantitative estimate of drug-likeness (QED) is 0.599. The zero-order valence-corrected chi connectivity index (χ0v) is 15.8. The monoisotopic (exact) mass is 385 g/mol. The van der Waals surface area contributed by atoms with Crippen LogP contribution in [0.1, 0.15) is 36.0 Å². The molecule has 1 amide bonds. The summed E-state index contributed by atoms with van der Waals surface area (Å²) < 4.78 is 11.4. The second-order valence-corrected chi connectivity index (χ2v) is 6.86. The third-order valence-electron chi connectivity index (χ3n) is 4.77. The van der Waals surface area contributed by atoms with Gasteiger partial charge in [-0.15, -0.1) is 0 Å². The number of benzene rings is 1. The molecule has 1 aliphatic carbocycles. The molecule has 28 heavy (non-hydrogen) atoms. The molecule has 1 saturated carbocycles. The first-order valence-electron chi connectivity index (χ1n) is 9.66. The maximum absolute atomic E-state index is 12.6. The summed E-state index contributed by atoms with van der Waals surface area (Å²) in [6.45, 7) is 1.13. The first-order valence-corrected chi connectivity index (χ1v) is 9.66. The van der Waals surface area contributed by atoms with Crippen LogP contribution in [-0.4, -0.2) is 47.4 Å². The number of nitrogens with zero attached hydrogens (tertiary/aromatic N) is 1. The van der Waals surface area contributed by atoms with E-state index in [1.807, 2.05) is 0 Å². The molecule has 0 aliphatic heterocycles. The fourth-order valence-electron chi connectivity index (χ4n) is 3.24. The lowest BCUT2D eigenvalue weighted by atomic mass is 9.89. The minimum absolute atomic E-state index is 0.223. The van der Waals surface area contributed by atoms with Gasteiger partial charge in [0.15, 0.2) is 0 Å². The van der Waals surface area contributed by atoms with Crippen molar-refractivity contribution in [3.63, 3.8) is 0 Å². The molecular weight excluding hydrogens is 358 g/mol. The van der Waals surface area contributed by atoms with Crippen molar-refractivity contribution in [1.82, 2.24) is 10.3 Å². The van der Waals surface area contributed by atoms with Crippen LogP contribution in [0, 0.1) is 0 Å². The van der Waals surface area contributed by atoms with Crippen LogP contribution in [0.3, 0.4) is 0 Å². The summed E-state index contributed by atoms with van der Waals surface area (Å²) in [5.41, 5.74) is 5.97. The number of aliphatic hydroxyl groups excluding tert-OH is 1. The van der Waals surface area contributed by atoms with Gasteiger partial charge in [-0.1, -0.05) is 0 Å². The standard InChI is InChI=1S/C21H27N3O4/c22-11-3-13-27-16-9-7-15(8-10-16)21(26)24-18-5-1-6-19(20(18)25)28-17-4-2-12-23-14-17/h2,4,7-10,12,14,18-20,25H,1,3,5-6,11,13,22H2,(H,24,26)/t18-,19-,20-/m1/s1. The normalized spacial score (nSPS) is 21.7. The first kappa shape index (κ1) is 20.1. The summed E-state index contributed by atoms with van der Waals surface area (Å²) in [6, 6.07) is 10.2. The Bertz CT molecular complexity index is 739. The summed E-state index contributed by atoms with van der Waals surface area (Å²) in [6.07, 6.45) is 5.22. The van der Waals surface area contributed by atoms with Gasteiger partial charge in [0.25, 0.3) is 5.91 Å². The number of ether oxygens (including phenoxy) is 2. The number of carbonyl (C=O) groups is 1. The van der Waals surface area contributed by atoms with Gasteiger partial charge in [0.05, 0.1) is 18.8 Å². The van der Waals surface area contributed by atoms with E-state index in [9.17, 15) is 9.90 Å². The summed E-state index contributed by atoms with van der Waals surface area (Å²) in [5.74, 6) is 1.09. The van der Waals surface area contributed by atoms with Gasteiger partial charge >= 0.3 is 0 Å². The van der Waals surface area contributed by atoms with Crippen molar-refractivity contribution in [2.75, 3.05) is 13.2 Å². The molecule has 1 aliphatic rings. The number of hydrogen-bond acceptors (Lipinski definition) is 6. The highest BCUT2D eigenvalue weighted by atomic mass is 16.5. The Morgan fingerprint density at radius 2 is 2.04 bits per heavy atom. The van der Waals surface area contributed by atoms with Crippen molar-refractivity contribution in [2.24, 2.45) is 5.73 Å². The van der Waals surface area contributed by atoms with Crippen molar-refractivity contribution in [1.29, 1.82) is 0 Å². The van der Waals surface area contributed by atoms with Crippen molar-refractivity contribution >= 4 is 5.91 Å². The lowest BCUT2D eigenvalue weighted by molar-refractivity contribution is -0.0142. The van der Waals surface area contributed by atoms with Gasteiger partial charge in [0.1, 0.15) is 23.7 Å². The van der Waals surface area contributed by atoms with Crippen LogP contribution in [0.2, 0.25) is 0 Å². The fourth-order valence-corrected chi connectivity index (χ4v) is 3.24. The highest BCUT2D eigenvalue weighted by Gasteiger charge is 2.34. The minimum atomic E-state index is -0.781. The Morgan fingerprint density at radius 1 is 1.21 bits per heavy atom. The van der Waals surface area contributed by atoms with Crippen LogP contribution in [0.5, 0.6) is 11.5 Å². The van der Waals surface area contributed by atoms with Gasteiger partial charge in [-0.2, -0.15) is 0 Å². The van der Waals surface area contributed by atoms with E-state index in [2.05, 4.69) is 10.3 Å². The average molecular weight is 385 g/mol. The van der Waals surface area contributed by atoms with Crippen molar-refractivity contribution in [3.8, 4) is 11.5 Å². The third kappa shape index (κ3) is 5.43. The Kier molecular flexibility index (Phi) is 7.22. The highest BCUT2D eigenvalue weighted by molar-refractivity contribution is 5.94. The van der Waals surface area contributed by atoms with E-state index in [1.165, 1.54) is 0 Å². The van der Waals surface area contributed by atoms with Crippen molar-refractivity contribution in [2.45, 2.75) is 43.9 Å². The number of nitrogens with two attached hydrogens (primary N) is 1. The van der Waals surface area contributed by atoms with E-state index in [0.29, 0.717) is 36.6 Å². The molecule has 3 atom stereocenters. The second-order valence-electron chi connectivity index (χ2n) is 6.86. The van der Waals surface area contributed by atoms with Crippen LogP contribution in [0.4, 0.5) is 0 Å². The largest absolute Gasteiger partial charge is 0.494 e. The molecule has 7 heteroatoms. The van der Waals surface area contributed by atoms with Crippen LogP contribution in [-0.2, 0) is 0 Å². The number of pyridine rings is 1. The average Bonchev–Trinajstić information content (AvgIpc) is 2.72. The van der Waals surface area contributed by atoms with Gasteiger partial charge in [0, 0.05) is 11.8 Å². The Labute approximate surface area is 164 Å². The predicted molar refractivity (Wildman–Crippen MR) is 105 cm³/mol. The number of rotatable bonds is 8. The number of carbonyl (C=O) groups excluding carboxylic acids is 1. The van der Waals surface area contributed by atoms with Crippen molar-refractivity contribution in [3.05, 3.63) is 54.4 Å². The summed E-state index contributed by atoms with van der Waals surface area (Å²) in [7, 11) is 0. The zero-order chi connectivity index (χ0) is 19.8. The van der Waals surface area contributed by atoms with E-state index in [1.54, 1.807) is 48.8 Å². The summed E-state index contributed by atoms with van der Waals surface area (Å²) in [4.78, 5) is 16.6. The van der Waals surface area contributed by atoms with Gasteiger partial charge in [-0.25, -0.2) is 0 Å². The zero-order valence-electron chi connectivity index (χ0n) is 15.8. The van der Waals surface area contributed by atoms with E-state index >= 15 is 0 Å². The van der Waals surface area contributed by atoms with Crippen LogP contribution >= 0.6 is 0 Å². The third-order valence-corrected chi connectivity index (χ3v) is 4.77.